The van der Waals surface area contributed by atoms with Gasteiger partial charge in [-0.1, -0.05) is 22.9 Å². The van der Waals surface area contributed by atoms with Crippen molar-refractivity contribution in [1.29, 1.82) is 0 Å². The number of piperidine rings is 1. The quantitative estimate of drug-likeness (QED) is 0.850. The van der Waals surface area contributed by atoms with Crippen LogP contribution in [0.15, 0.2) is 28.7 Å². The molecule has 0 aliphatic carbocycles. The fourth-order valence-corrected chi connectivity index (χ4v) is 2.73. The molecule has 1 fully saturated rings. The predicted molar refractivity (Wildman–Crippen MR) is 86.1 cm³/mol. The Hall–Kier alpha value is -1.33. The van der Waals surface area contributed by atoms with Gasteiger partial charge in [-0.15, -0.1) is 0 Å². The number of likely N-dealkylation sites (tertiary alicyclic amines) is 1. The lowest BCUT2D eigenvalue weighted by Crippen LogP contribution is -2.45. The van der Waals surface area contributed by atoms with Crippen LogP contribution in [0, 0.1) is 5.92 Å². The van der Waals surface area contributed by atoms with E-state index in [0.717, 1.165) is 22.2 Å². The molecule has 0 spiro atoms. The molecular formula is C16H20BrNO3. The molecule has 0 saturated carbocycles. The number of aliphatic hydroxyl groups is 1. The molecule has 1 aliphatic rings. The van der Waals surface area contributed by atoms with Gasteiger partial charge < -0.3 is 14.7 Å². The SMILES string of the molecule is COc1ccc(Br)cc1/C=C/C(=O)N1CCC(C)C(O)C1. The van der Waals surface area contributed by atoms with Crippen molar-refractivity contribution in [1.82, 2.24) is 4.90 Å². The maximum atomic E-state index is 12.2. The molecule has 1 heterocycles. The lowest BCUT2D eigenvalue weighted by atomic mass is 9.96. The number of carbonyl (C=O) groups is 1. The van der Waals surface area contributed by atoms with Gasteiger partial charge in [-0.2, -0.15) is 0 Å². The van der Waals surface area contributed by atoms with Crippen molar-refractivity contribution in [3.63, 3.8) is 0 Å². The Kier molecular flexibility index (Phi) is 5.42. The lowest BCUT2D eigenvalue weighted by molar-refractivity contribution is -0.130. The van der Waals surface area contributed by atoms with Crippen molar-refractivity contribution in [3.8, 4) is 5.75 Å². The van der Waals surface area contributed by atoms with Gasteiger partial charge in [0, 0.05) is 29.2 Å². The normalized spacial score (nSPS) is 22.6. The molecule has 1 aromatic rings. The van der Waals surface area contributed by atoms with Crippen LogP contribution < -0.4 is 4.74 Å². The molecule has 2 rings (SSSR count). The number of carbonyl (C=O) groups excluding carboxylic acids is 1. The third-order valence-electron chi connectivity index (χ3n) is 3.83. The number of methoxy groups -OCH3 is 1. The lowest BCUT2D eigenvalue weighted by Gasteiger charge is -2.33. The fourth-order valence-electron chi connectivity index (χ4n) is 2.35. The van der Waals surface area contributed by atoms with Crippen LogP contribution in [0.4, 0.5) is 0 Å². The van der Waals surface area contributed by atoms with Crippen LogP contribution in [0.2, 0.25) is 0 Å². The third-order valence-corrected chi connectivity index (χ3v) is 4.32. The van der Waals surface area contributed by atoms with Crippen molar-refractivity contribution in [2.45, 2.75) is 19.4 Å². The minimum atomic E-state index is -0.434. The van der Waals surface area contributed by atoms with Gasteiger partial charge in [0.15, 0.2) is 0 Å². The molecule has 0 aromatic heterocycles. The Bertz CT molecular complexity index is 544. The van der Waals surface area contributed by atoms with E-state index in [2.05, 4.69) is 15.9 Å². The van der Waals surface area contributed by atoms with Crippen LogP contribution >= 0.6 is 15.9 Å². The first-order chi connectivity index (χ1) is 10.0. The number of amides is 1. The molecule has 1 saturated heterocycles. The molecule has 114 valence electrons. The van der Waals surface area contributed by atoms with E-state index in [9.17, 15) is 9.90 Å². The standard InChI is InChI=1S/C16H20BrNO3/c1-11-7-8-18(10-14(11)19)16(20)6-3-12-9-13(17)4-5-15(12)21-2/h3-6,9,11,14,19H,7-8,10H2,1-2H3/b6-3+. The van der Waals surface area contributed by atoms with Crippen LogP contribution in [0.25, 0.3) is 6.08 Å². The summed E-state index contributed by atoms with van der Waals surface area (Å²) >= 11 is 3.41. The van der Waals surface area contributed by atoms with E-state index in [1.807, 2.05) is 25.1 Å². The number of nitrogens with zero attached hydrogens (tertiary/aromatic N) is 1. The predicted octanol–water partition coefficient (Wildman–Crippen LogP) is 2.70. The highest BCUT2D eigenvalue weighted by molar-refractivity contribution is 9.10. The molecule has 1 N–H and O–H groups in total. The molecule has 0 bridgehead atoms. The summed E-state index contributed by atoms with van der Waals surface area (Å²) in [5.74, 6) is 0.890. The van der Waals surface area contributed by atoms with Gasteiger partial charge in [-0.05, 0) is 36.6 Å². The summed E-state index contributed by atoms with van der Waals surface area (Å²) < 4.78 is 6.20. The molecule has 0 radical (unpaired) electrons. The zero-order valence-corrected chi connectivity index (χ0v) is 13.8. The second-order valence-corrected chi connectivity index (χ2v) is 6.25. The Morgan fingerprint density at radius 1 is 1.52 bits per heavy atom. The topological polar surface area (TPSA) is 49.8 Å². The highest BCUT2D eigenvalue weighted by Crippen LogP contribution is 2.24. The third kappa shape index (κ3) is 4.08. The summed E-state index contributed by atoms with van der Waals surface area (Å²) in [6.45, 7) is 3.10. The second-order valence-electron chi connectivity index (χ2n) is 5.34. The summed E-state index contributed by atoms with van der Waals surface area (Å²) in [5.41, 5.74) is 0.839. The first-order valence-corrected chi connectivity index (χ1v) is 7.79. The molecule has 5 heteroatoms. The maximum Gasteiger partial charge on any atom is 0.246 e. The summed E-state index contributed by atoms with van der Waals surface area (Å²) in [4.78, 5) is 13.9. The number of aliphatic hydroxyl groups excluding tert-OH is 1. The van der Waals surface area contributed by atoms with Gasteiger partial charge in [0.25, 0.3) is 0 Å². The van der Waals surface area contributed by atoms with Crippen molar-refractivity contribution >= 4 is 27.9 Å². The summed E-state index contributed by atoms with van der Waals surface area (Å²) in [5, 5.41) is 9.86. The first-order valence-electron chi connectivity index (χ1n) is 7.00. The van der Waals surface area contributed by atoms with Gasteiger partial charge in [-0.3, -0.25) is 4.79 Å². The van der Waals surface area contributed by atoms with Crippen LogP contribution in [0.5, 0.6) is 5.75 Å². The molecule has 2 atom stereocenters. The number of hydrogen-bond donors (Lipinski definition) is 1. The largest absolute Gasteiger partial charge is 0.496 e. The van der Waals surface area contributed by atoms with E-state index in [4.69, 9.17) is 4.74 Å². The zero-order chi connectivity index (χ0) is 15.4. The summed E-state index contributed by atoms with van der Waals surface area (Å²) in [7, 11) is 1.60. The highest BCUT2D eigenvalue weighted by Gasteiger charge is 2.26. The molecule has 1 amide bonds. The van der Waals surface area contributed by atoms with Crippen LogP contribution in [-0.4, -0.2) is 42.2 Å². The second kappa shape index (κ2) is 7.09. The Labute approximate surface area is 133 Å². The van der Waals surface area contributed by atoms with Gasteiger partial charge in [0.05, 0.1) is 13.2 Å². The van der Waals surface area contributed by atoms with Crippen molar-refractivity contribution in [2.75, 3.05) is 20.2 Å². The summed E-state index contributed by atoms with van der Waals surface area (Å²) in [6.07, 6.45) is 3.68. The fraction of sp³-hybridized carbons (Fsp3) is 0.438. The van der Waals surface area contributed by atoms with Gasteiger partial charge in [0.2, 0.25) is 5.91 Å². The molecule has 21 heavy (non-hydrogen) atoms. The van der Waals surface area contributed by atoms with Crippen LogP contribution in [-0.2, 0) is 4.79 Å². The Morgan fingerprint density at radius 3 is 2.95 bits per heavy atom. The van der Waals surface area contributed by atoms with Crippen molar-refractivity contribution < 1.29 is 14.6 Å². The maximum absolute atomic E-state index is 12.2. The molecule has 1 aliphatic heterocycles. The van der Waals surface area contributed by atoms with E-state index in [1.165, 1.54) is 6.08 Å². The minimum Gasteiger partial charge on any atom is -0.496 e. The van der Waals surface area contributed by atoms with Gasteiger partial charge in [-0.25, -0.2) is 0 Å². The first kappa shape index (κ1) is 16.0. The highest BCUT2D eigenvalue weighted by atomic mass is 79.9. The average molecular weight is 354 g/mol. The Morgan fingerprint density at radius 2 is 2.29 bits per heavy atom. The van der Waals surface area contributed by atoms with E-state index in [1.54, 1.807) is 18.1 Å². The molecule has 2 unspecified atom stereocenters. The van der Waals surface area contributed by atoms with Gasteiger partial charge >= 0.3 is 0 Å². The smallest absolute Gasteiger partial charge is 0.246 e. The van der Waals surface area contributed by atoms with E-state index in [-0.39, 0.29) is 11.8 Å². The monoisotopic (exact) mass is 353 g/mol. The number of rotatable bonds is 3. The number of β-amino-alcohol motifs (C(OH)–C–C–N with tert-alkyl or cyclic N) is 1. The summed E-state index contributed by atoms with van der Waals surface area (Å²) in [6, 6.07) is 5.64. The van der Waals surface area contributed by atoms with E-state index >= 15 is 0 Å². The number of benzene rings is 1. The minimum absolute atomic E-state index is 0.0806. The van der Waals surface area contributed by atoms with Crippen LogP contribution in [0.3, 0.4) is 0 Å². The number of hydrogen-bond acceptors (Lipinski definition) is 3. The average Bonchev–Trinajstić information content (AvgIpc) is 2.47. The van der Waals surface area contributed by atoms with Crippen molar-refractivity contribution in [3.05, 3.63) is 34.3 Å². The van der Waals surface area contributed by atoms with Crippen LogP contribution in [0.1, 0.15) is 18.9 Å². The molecule has 4 nitrogen and oxygen atoms in total. The van der Waals surface area contributed by atoms with Crippen molar-refractivity contribution in [2.24, 2.45) is 5.92 Å². The number of halogens is 1. The van der Waals surface area contributed by atoms with E-state index < -0.39 is 6.10 Å². The Balaban J connectivity index is 2.07. The molecule has 1 aromatic carbocycles. The van der Waals surface area contributed by atoms with E-state index in [0.29, 0.717) is 13.1 Å². The molecular weight excluding hydrogens is 334 g/mol. The van der Waals surface area contributed by atoms with Gasteiger partial charge in [0.1, 0.15) is 5.75 Å². The zero-order valence-electron chi connectivity index (χ0n) is 12.3. The number of ether oxygens (including phenoxy) is 1.